The predicted octanol–water partition coefficient (Wildman–Crippen LogP) is 1.10. The van der Waals surface area contributed by atoms with Crippen molar-refractivity contribution in [1.82, 2.24) is 5.32 Å². The lowest BCUT2D eigenvalue weighted by Crippen LogP contribution is -2.44. The first-order chi connectivity index (χ1) is 9.19. The summed E-state index contributed by atoms with van der Waals surface area (Å²) in [7, 11) is 3.00. The minimum absolute atomic E-state index is 0.221. The minimum atomic E-state index is -0.818. The van der Waals surface area contributed by atoms with Gasteiger partial charge in [-0.25, -0.2) is 9.59 Å². The summed E-state index contributed by atoms with van der Waals surface area (Å²) in [5.41, 5.74) is -0.623. The molecule has 0 aliphatic heterocycles. The maximum absolute atomic E-state index is 11.8. The van der Waals surface area contributed by atoms with Gasteiger partial charge in [0.2, 0.25) is 0 Å². The Morgan fingerprint density at radius 2 is 1.60 bits per heavy atom. The van der Waals surface area contributed by atoms with Gasteiger partial charge in [0.1, 0.15) is 17.7 Å². The quantitative estimate of drug-likeness (QED) is 0.707. The van der Waals surface area contributed by atoms with Crippen LogP contribution in [0.15, 0.2) is 0 Å². The highest BCUT2D eigenvalue weighted by Crippen LogP contribution is 2.07. The molecule has 7 heteroatoms. The average molecular weight is 291 g/mol. The van der Waals surface area contributed by atoms with E-state index in [1.54, 1.807) is 20.8 Å². The fraction of sp³-hybridized carbons (Fsp3) is 0.846. The van der Waals surface area contributed by atoms with E-state index in [9.17, 15) is 9.59 Å². The number of amides is 1. The van der Waals surface area contributed by atoms with E-state index < -0.39 is 29.8 Å². The summed E-state index contributed by atoms with van der Waals surface area (Å²) in [6.07, 6.45) is -1.18. The van der Waals surface area contributed by atoms with Crippen molar-refractivity contribution in [3.05, 3.63) is 0 Å². The first-order valence-electron chi connectivity index (χ1n) is 6.37. The Labute approximate surface area is 119 Å². The molecule has 1 amide bonds. The molecule has 0 aromatic carbocycles. The van der Waals surface area contributed by atoms with Crippen LogP contribution in [0.1, 0.15) is 27.7 Å². The highest BCUT2D eigenvalue weighted by atomic mass is 16.6. The smallest absolute Gasteiger partial charge is 0.408 e. The van der Waals surface area contributed by atoms with Crippen molar-refractivity contribution in [1.29, 1.82) is 0 Å². The number of alkyl carbamates (subject to hydrolysis) is 1. The molecule has 0 spiro atoms. The fourth-order valence-electron chi connectivity index (χ4n) is 1.30. The lowest BCUT2D eigenvalue weighted by Gasteiger charge is -2.22. The first kappa shape index (κ1) is 18.7. The van der Waals surface area contributed by atoms with Gasteiger partial charge in [-0.2, -0.15) is 0 Å². The van der Waals surface area contributed by atoms with Crippen LogP contribution in [0.2, 0.25) is 0 Å². The molecule has 0 saturated heterocycles. The van der Waals surface area contributed by atoms with E-state index in [0.29, 0.717) is 0 Å². The summed E-state index contributed by atoms with van der Waals surface area (Å²) in [4.78, 5) is 23.3. The summed E-state index contributed by atoms with van der Waals surface area (Å²) in [6.45, 7) is 7.18. The third-order valence-corrected chi connectivity index (χ3v) is 2.07. The highest BCUT2D eigenvalue weighted by Gasteiger charge is 2.24. The second kappa shape index (κ2) is 8.76. The Morgan fingerprint density at radius 3 is 2.00 bits per heavy atom. The van der Waals surface area contributed by atoms with Crippen LogP contribution in [0.3, 0.4) is 0 Å². The molecule has 7 nitrogen and oxygen atoms in total. The van der Waals surface area contributed by atoms with Crippen molar-refractivity contribution in [2.45, 2.75) is 45.4 Å². The van der Waals surface area contributed by atoms with Gasteiger partial charge in [0.15, 0.2) is 0 Å². The van der Waals surface area contributed by atoms with E-state index in [4.69, 9.17) is 18.9 Å². The molecule has 0 bridgehead atoms. The van der Waals surface area contributed by atoms with E-state index in [1.807, 2.05) is 0 Å². The SMILES string of the molecule is COCC(COC)OC(=O)C(C)NC(=O)OC(C)(C)C. The lowest BCUT2D eigenvalue weighted by molar-refractivity contribution is -0.156. The van der Waals surface area contributed by atoms with Crippen LogP contribution in [-0.4, -0.2) is 57.2 Å². The molecule has 0 aromatic heterocycles. The van der Waals surface area contributed by atoms with E-state index in [2.05, 4.69) is 5.32 Å². The van der Waals surface area contributed by atoms with Crippen LogP contribution >= 0.6 is 0 Å². The van der Waals surface area contributed by atoms with Crippen molar-refractivity contribution in [2.24, 2.45) is 0 Å². The van der Waals surface area contributed by atoms with Crippen molar-refractivity contribution < 1.29 is 28.5 Å². The third kappa shape index (κ3) is 8.71. The van der Waals surface area contributed by atoms with Crippen molar-refractivity contribution in [2.75, 3.05) is 27.4 Å². The Morgan fingerprint density at radius 1 is 1.10 bits per heavy atom. The molecule has 1 N–H and O–H groups in total. The maximum atomic E-state index is 11.8. The van der Waals surface area contributed by atoms with Crippen LogP contribution in [0.4, 0.5) is 4.79 Å². The molecular formula is C13H25NO6. The first-order valence-corrected chi connectivity index (χ1v) is 6.37. The number of carbonyl (C=O) groups is 2. The summed E-state index contributed by atoms with van der Waals surface area (Å²) in [5.74, 6) is -0.574. The number of rotatable bonds is 7. The molecule has 20 heavy (non-hydrogen) atoms. The largest absolute Gasteiger partial charge is 0.456 e. The molecule has 0 aliphatic rings. The van der Waals surface area contributed by atoms with Gasteiger partial charge in [0.25, 0.3) is 0 Å². The van der Waals surface area contributed by atoms with Gasteiger partial charge in [-0.1, -0.05) is 0 Å². The molecule has 0 saturated carbocycles. The summed E-state index contributed by atoms with van der Waals surface area (Å²) >= 11 is 0. The van der Waals surface area contributed by atoms with Crippen molar-refractivity contribution >= 4 is 12.1 Å². The minimum Gasteiger partial charge on any atom is -0.456 e. The van der Waals surface area contributed by atoms with Crippen LogP contribution in [0, 0.1) is 0 Å². The second-order valence-corrected chi connectivity index (χ2v) is 5.34. The van der Waals surface area contributed by atoms with Gasteiger partial charge in [0.05, 0.1) is 13.2 Å². The Hall–Kier alpha value is -1.34. The van der Waals surface area contributed by atoms with Gasteiger partial charge >= 0.3 is 12.1 Å². The molecule has 1 unspecified atom stereocenters. The normalized spacial score (nSPS) is 12.9. The zero-order valence-electron chi connectivity index (χ0n) is 13.0. The second-order valence-electron chi connectivity index (χ2n) is 5.34. The number of carbonyl (C=O) groups excluding carboxylic acids is 2. The molecule has 0 aliphatic carbocycles. The number of methoxy groups -OCH3 is 2. The fourth-order valence-corrected chi connectivity index (χ4v) is 1.30. The molecule has 0 aromatic rings. The van der Waals surface area contributed by atoms with Crippen molar-refractivity contribution in [3.8, 4) is 0 Å². The molecule has 1 atom stereocenters. The number of hydrogen-bond acceptors (Lipinski definition) is 6. The number of hydrogen-bond donors (Lipinski definition) is 1. The number of nitrogens with one attached hydrogen (secondary N) is 1. The van der Waals surface area contributed by atoms with E-state index in [1.165, 1.54) is 21.1 Å². The van der Waals surface area contributed by atoms with Gasteiger partial charge in [-0.05, 0) is 27.7 Å². The standard InChI is InChI=1S/C13H25NO6/c1-9(14-12(16)20-13(2,3)4)11(15)19-10(7-17-5)8-18-6/h9-10H,7-8H2,1-6H3,(H,14,16). The maximum Gasteiger partial charge on any atom is 0.408 e. The van der Waals surface area contributed by atoms with Gasteiger partial charge in [-0.3, -0.25) is 0 Å². The topological polar surface area (TPSA) is 83.1 Å². The monoisotopic (exact) mass is 291 g/mol. The highest BCUT2D eigenvalue weighted by molar-refractivity contribution is 5.81. The predicted molar refractivity (Wildman–Crippen MR) is 72.5 cm³/mol. The molecule has 0 fully saturated rings. The number of ether oxygens (including phenoxy) is 4. The average Bonchev–Trinajstić information content (AvgIpc) is 2.26. The Bertz CT molecular complexity index is 306. The van der Waals surface area contributed by atoms with Crippen LogP contribution in [0.5, 0.6) is 0 Å². The Balaban J connectivity index is 4.29. The zero-order valence-corrected chi connectivity index (χ0v) is 13.0. The molecule has 0 heterocycles. The zero-order chi connectivity index (χ0) is 15.8. The van der Waals surface area contributed by atoms with E-state index in [-0.39, 0.29) is 13.2 Å². The van der Waals surface area contributed by atoms with Gasteiger partial charge in [0, 0.05) is 14.2 Å². The number of esters is 1. The molecule has 118 valence electrons. The lowest BCUT2D eigenvalue weighted by atomic mass is 10.2. The Kier molecular flexibility index (Phi) is 8.17. The van der Waals surface area contributed by atoms with Crippen LogP contribution in [-0.2, 0) is 23.7 Å². The molecular weight excluding hydrogens is 266 g/mol. The van der Waals surface area contributed by atoms with Gasteiger partial charge < -0.3 is 24.3 Å². The van der Waals surface area contributed by atoms with E-state index >= 15 is 0 Å². The molecule has 0 rings (SSSR count). The summed E-state index contributed by atoms with van der Waals surface area (Å²) in [6, 6.07) is -0.818. The summed E-state index contributed by atoms with van der Waals surface area (Å²) in [5, 5.41) is 2.41. The van der Waals surface area contributed by atoms with Crippen LogP contribution in [0.25, 0.3) is 0 Å². The van der Waals surface area contributed by atoms with E-state index in [0.717, 1.165) is 0 Å². The van der Waals surface area contributed by atoms with Crippen molar-refractivity contribution in [3.63, 3.8) is 0 Å². The summed E-state index contributed by atoms with van der Waals surface area (Å²) < 4.78 is 20.0. The van der Waals surface area contributed by atoms with Crippen LogP contribution < -0.4 is 5.32 Å². The van der Waals surface area contributed by atoms with Gasteiger partial charge in [-0.15, -0.1) is 0 Å². The molecule has 0 radical (unpaired) electrons. The third-order valence-electron chi connectivity index (χ3n) is 2.07.